The lowest BCUT2D eigenvalue weighted by Gasteiger charge is -2.11. The summed E-state index contributed by atoms with van der Waals surface area (Å²) < 4.78 is 32.0. The van der Waals surface area contributed by atoms with Gasteiger partial charge in [-0.25, -0.2) is 9.59 Å². The maximum Gasteiger partial charge on any atom is 0.516 e. The molecule has 11 heteroatoms. The molecular weight excluding hydrogens is 357 g/mol. The normalized spacial score (nSPS) is 10.2. The molecule has 1 rings (SSSR count). The first-order chi connectivity index (χ1) is 12.1. The van der Waals surface area contributed by atoms with E-state index in [0.29, 0.717) is 12.1 Å². The summed E-state index contributed by atoms with van der Waals surface area (Å²) in [5.74, 6) is -2.92. The number of benzene rings is 1. The molecule has 0 bridgehead atoms. The predicted octanol–water partition coefficient (Wildman–Crippen LogP) is 2.90. The number of halogens is 1. The summed E-state index contributed by atoms with van der Waals surface area (Å²) in [6.45, 7) is 4.52. The van der Waals surface area contributed by atoms with Crippen LogP contribution in [0.3, 0.4) is 0 Å². The van der Waals surface area contributed by atoms with Gasteiger partial charge >= 0.3 is 24.0 Å². The smallest absolute Gasteiger partial charge is 0.434 e. The molecule has 0 N–H and O–H groups in total. The van der Waals surface area contributed by atoms with E-state index in [4.69, 9.17) is 4.74 Å². The minimum absolute atomic E-state index is 0.0350. The molecule has 0 aliphatic rings. The van der Waals surface area contributed by atoms with E-state index >= 15 is 0 Å². The van der Waals surface area contributed by atoms with Crippen molar-refractivity contribution in [3.8, 4) is 5.75 Å². The minimum atomic E-state index is -1.29. The maximum absolute atomic E-state index is 13.7. The summed E-state index contributed by atoms with van der Waals surface area (Å²) in [6.07, 6.45) is -3.72. The van der Waals surface area contributed by atoms with E-state index in [2.05, 4.69) is 14.2 Å². The van der Waals surface area contributed by atoms with Crippen LogP contribution in [0.25, 0.3) is 0 Å². The Morgan fingerprint density at radius 1 is 1.23 bits per heavy atom. The lowest BCUT2D eigenvalue weighted by atomic mass is 10.1. The van der Waals surface area contributed by atoms with Gasteiger partial charge in [-0.05, 0) is 20.8 Å². The van der Waals surface area contributed by atoms with Gasteiger partial charge in [-0.3, -0.25) is 14.9 Å². The molecule has 142 valence electrons. The number of hydrogen-bond acceptors (Lipinski definition) is 9. The third-order valence-electron chi connectivity index (χ3n) is 2.65. The van der Waals surface area contributed by atoms with Crippen molar-refractivity contribution in [1.82, 2.24) is 0 Å². The van der Waals surface area contributed by atoms with E-state index in [1.807, 2.05) is 0 Å². The molecule has 1 aromatic rings. The molecule has 0 spiro atoms. The SMILES string of the molecule is CCOC(=O)Oc1cc(F)c([N+](=O)[O-])cc1CC(=O)OC(=O)OC(C)C. The molecule has 0 heterocycles. The number of rotatable bonds is 6. The van der Waals surface area contributed by atoms with Crippen LogP contribution in [0.2, 0.25) is 0 Å². The number of carbonyl (C=O) groups is 3. The molecule has 26 heavy (non-hydrogen) atoms. The van der Waals surface area contributed by atoms with Gasteiger partial charge in [0.05, 0.1) is 24.1 Å². The molecule has 0 radical (unpaired) electrons. The second kappa shape index (κ2) is 9.30. The first-order valence-electron chi connectivity index (χ1n) is 7.36. The summed E-state index contributed by atoms with van der Waals surface area (Å²) in [5, 5.41) is 10.8. The number of nitro benzene ring substituents is 1. The van der Waals surface area contributed by atoms with Crippen molar-refractivity contribution >= 4 is 24.0 Å². The van der Waals surface area contributed by atoms with Crippen molar-refractivity contribution in [2.45, 2.75) is 33.3 Å². The second-order valence-corrected chi connectivity index (χ2v) is 5.02. The topological polar surface area (TPSA) is 131 Å². The van der Waals surface area contributed by atoms with Gasteiger partial charge in [0.2, 0.25) is 5.82 Å². The van der Waals surface area contributed by atoms with Crippen LogP contribution in [-0.2, 0) is 25.4 Å². The van der Waals surface area contributed by atoms with E-state index < -0.39 is 53.0 Å². The lowest BCUT2D eigenvalue weighted by Crippen LogP contribution is -2.19. The number of nitro groups is 1. The van der Waals surface area contributed by atoms with E-state index in [9.17, 15) is 28.9 Å². The van der Waals surface area contributed by atoms with E-state index in [1.54, 1.807) is 0 Å². The van der Waals surface area contributed by atoms with Crippen molar-refractivity contribution in [3.05, 3.63) is 33.6 Å². The Hall–Kier alpha value is -3.24. The van der Waals surface area contributed by atoms with Gasteiger partial charge in [0, 0.05) is 17.7 Å². The highest BCUT2D eigenvalue weighted by Gasteiger charge is 2.24. The van der Waals surface area contributed by atoms with Crippen LogP contribution in [0.5, 0.6) is 5.75 Å². The number of esters is 1. The largest absolute Gasteiger partial charge is 0.516 e. The summed E-state index contributed by atoms with van der Waals surface area (Å²) in [6, 6.07) is 1.25. The quantitative estimate of drug-likeness (QED) is 0.243. The second-order valence-electron chi connectivity index (χ2n) is 5.02. The maximum atomic E-state index is 13.7. The fourth-order valence-electron chi connectivity index (χ4n) is 1.70. The molecule has 1 aromatic carbocycles. The third-order valence-corrected chi connectivity index (χ3v) is 2.65. The van der Waals surface area contributed by atoms with Crippen LogP contribution in [0.15, 0.2) is 12.1 Å². The fourth-order valence-corrected chi connectivity index (χ4v) is 1.70. The molecule has 0 aromatic heterocycles. The number of carbonyl (C=O) groups excluding carboxylic acids is 3. The highest BCUT2D eigenvalue weighted by atomic mass is 19.1. The lowest BCUT2D eigenvalue weighted by molar-refractivity contribution is -0.387. The van der Waals surface area contributed by atoms with E-state index in [-0.39, 0.29) is 12.2 Å². The predicted molar refractivity (Wildman–Crippen MR) is 82.1 cm³/mol. The van der Waals surface area contributed by atoms with Crippen molar-refractivity contribution in [3.63, 3.8) is 0 Å². The van der Waals surface area contributed by atoms with Gasteiger partial charge in [0.15, 0.2) is 0 Å². The first-order valence-corrected chi connectivity index (χ1v) is 7.36. The minimum Gasteiger partial charge on any atom is -0.434 e. The molecular formula is C15H16FNO9. The Labute approximate surface area is 146 Å². The van der Waals surface area contributed by atoms with Gasteiger partial charge in [-0.1, -0.05) is 0 Å². The Balaban J connectivity index is 3.06. The van der Waals surface area contributed by atoms with Crippen LogP contribution in [0.4, 0.5) is 19.7 Å². The van der Waals surface area contributed by atoms with Crippen LogP contribution in [0.1, 0.15) is 26.3 Å². The highest BCUT2D eigenvalue weighted by Crippen LogP contribution is 2.29. The van der Waals surface area contributed by atoms with E-state index in [0.717, 1.165) is 0 Å². The fraction of sp³-hybridized carbons (Fsp3) is 0.400. The number of hydrogen-bond donors (Lipinski definition) is 0. The first kappa shape index (κ1) is 20.8. The van der Waals surface area contributed by atoms with Crippen molar-refractivity contribution in [2.24, 2.45) is 0 Å². The molecule has 0 amide bonds. The molecule has 0 saturated heterocycles. The van der Waals surface area contributed by atoms with Gasteiger partial charge in [0.25, 0.3) is 0 Å². The number of ether oxygens (including phenoxy) is 4. The summed E-state index contributed by atoms with van der Waals surface area (Å²) in [7, 11) is 0. The average molecular weight is 373 g/mol. The van der Waals surface area contributed by atoms with E-state index in [1.165, 1.54) is 20.8 Å². The monoisotopic (exact) mass is 373 g/mol. The number of nitrogens with zero attached hydrogens (tertiary/aromatic N) is 1. The van der Waals surface area contributed by atoms with Crippen LogP contribution < -0.4 is 4.74 Å². The summed E-state index contributed by atoms with van der Waals surface area (Å²) in [4.78, 5) is 44.3. The van der Waals surface area contributed by atoms with Gasteiger partial charge < -0.3 is 18.9 Å². The van der Waals surface area contributed by atoms with Crippen LogP contribution in [0, 0.1) is 15.9 Å². The van der Waals surface area contributed by atoms with Crippen LogP contribution in [-0.4, -0.2) is 35.9 Å². The molecule has 0 saturated carbocycles. The molecule has 10 nitrogen and oxygen atoms in total. The Kier molecular flexibility index (Phi) is 7.44. The third kappa shape index (κ3) is 6.34. The zero-order valence-electron chi connectivity index (χ0n) is 14.1. The Morgan fingerprint density at radius 3 is 2.42 bits per heavy atom. The summed E-state index contributed by atoms with van der Waals surface area (Å²) in [5.41, 5.74) is -1.21. The van der Waals surface area contributed by atoms with Gasteiger partial charge in [-0.2, -0.15) is 4.39 Å². The average Bonchev–Trinajstić information content (AvgIpc) is 2.48. The zero-order valence-corrected chi connectivity index (χ0v) is 14.1. The van der Waals surface area contributed by atoms with Gasteiger partial charge in [0.1, 0.15) is 5.75 Å². The highest BCUT2D eigenvalue weighted by molar-refractivity contribution is 5.84. The molecule has 0 aliphatic heterocycles. The van der Waals surface area contributed by atoms with Crippen molar-refractivity contribution < 1.29 is 42.6 Å². The molecule has 0 fully saturated rings. The standard InChI is InChI=1S/C15H16FNO9/c1-4-23-14(19)25-12-7-10(16)11(17(21)22)5-9(12)6-13(18)26-15(20)24-8(2)3/h5,7-8H,4,6H2,1-3H3. The molecule has 0 atom stereocenters. The van der Waals surface area contributed by atoms with Crippen molar-refractivity contribution in [2.75, 3.05) is 6.61 Å². The zero-order chi connectivity index (χ0) is 19.9. The Bertz CT molecular complexity index is 717. The van der Waals surface area contributed by atoms with Gasteiger partial charge in [-0.15, -0.1) is 0 Å². The summed E-state index contributed by atoms with van der Waals surface area (Å²) >= 11 is 0. The van der Waals surface area contributed by atoms with Crippen LogP contribution >= 0.6 is 0 Å². The Morgan fingerprint density at radius 2 is 1.88 bits per heavy atom. The van der Waals surface area contributed by atoms with Crippen molar-refractivity contribution in [1.29, 1.82) is 0 Å². The molecule has 0 unspecified atom stereocenters. The molecule has 0 aliphatic carbocycles.